The third-order valence-electron chi connectivity index (χ3n) is 1.39. The Labute approximate surface area is 106 Å². The summed E-state index contributed by atoms with van der Waals surface area (Å²) >= 11 is -4.21. The predicted octanol–water partition coefficient (Wildman–Crippen LogP) is -2.09. The molecule has 0 aromatic carbocycles. The molecule has 0 saturated carbocycles. The van der Waals surface area contributed by atoms with E-state index >= 15 is 0 Å². The summed E-state index contributed by atoms with van der Waals surface area (Å²) < 4.78 is 70.1. The molecule has 0 N–H and O–H groups in total. The van der Waals surface area contributed by atoms with Gasteiger partial charge in [-0.3, -0.25) is 8.78 Å². The Morgan fingerprint density at radius 1 is 1.33 bits per heavy atom. The molecule has 0 aliphatic rings. The van der Waals surface area contributed by atoms with Crippen molar-refractivity contribution in [3.05, 3.63) is 18.7 Å². The van der Waals surface area contributed by atoms with Crippen molar-refractivity contribution in [2.24, 2.45) is 0 Å². The molecule has 0 radical (unpaired) electrons. The maximum absolute atomic E-state index is 12.8. The van der Waals surface area contributed by atoms with Crippen LogP contribution in [-0.2, 0) is 17.1 Å². The molecule has 0 aliphatic heterocycles. The van der Waals surface area contributed by atoms with Gasteiger partial charge < -0.3 is 4.55 Å². The van der Waals surface area contributed by atoms with Gasteiger partial charge in [0.25, 0.3) is 0 Å². The van der Waals surface area contributed by atoms with E-state index in [-0.39, 0.29) is 34.1 Å². The van der Waals surface area contributed by atoms with Crippen LogP contribution in [0.1, 0.15) is 0 Å². The Balaban J connectivity index is 0.00000196. The minimum absolute atomic E-state index is 0. The molecule has 15 heavy (non-hydrogen) atoms. The number of hydrogen-bond donors (Lipinski definition) is 0. The van der Waals surface area contributed by atoms with E-state index in [1.807, 2.05) is 0 Å². The van der Waals surface area contributed by atoms with Crippen LogP contribution >= 0.6 is 0 Å². The van der Waals surface area contributed by atoms with Gasteiger partial charge in [-0.2, -0.15) is 17.6 Å². The van der Waals surface area contributed by atoms with E-state index in [1.165, 1.54) is 0 Å². The molecule has 10 heteroatoms. The van der Waals surface area contributed by atoms with Crippen molar-refractivity contribution in [3.8, 4) is 0 Å². The van der Waals surface area contributed by atoms with Crippen LogP contribution in [0, 0.1) is 0 Å². The van der Waals surface area contributed by atoms with E-state index in [4.69, 9.17) is 0 Å². The summed E-state index contributed by atoms with van der Waals surface area (Å²) in [6.07, 6.45) is 1.78. The largest absolute Gasteiger partial charge is 1.00 e. The zero-order chi connectivity index (χ0) is 11.0. The van der Waals surface area contributed by atoms with Crippen LogP contribution in [0.2, 0.25) is 0 Å². The standard InChI is InChI=1S/C5H4F4N2O2S.Na/c6-4(7,5(8,9)14(12)13)11-2-1-10-3-11;/h1-3H,(H,12,13);/q;+1/p-1. The SMILES string of the molecule is O=S([O-])C(F)(F)C(F)(F)n1ccnc1.[Na+]. The Bertz CT molecular complexity index is 345. The number of rotatable bonds is 3. The molecule has 1 aromatic heterocycles. The number of hydrogen-bond acceptors (Lipinski definition) is 3. The molecule has 0 amide bonds. The molecule has 0 fully saturated rings. The van der Waals surface area contributed by atoms with E-state index < -0.39 is 22.4 Å². The first-order valence-corrected chi connectivity index (χ1v) is 4.21. The van der Waals surface area contributed by atoms with Crippen molar-refractivity contribution < 1.29 is 55.9 Å². The first kappa shape index (κ1) is 15.0. The number of alkyl halides is 4. The second-order valence-electron chi connectivity index (χ2n) is 2.26. The van der Waals surface area contributed by atoms with Gasteiger partial charge in [0.1, 0.15) is 0 Å². The summed E-state index contributed by atoms with van der Waals surface area (Å²) in [5.41, 5.74) is 0. The normalized spacial score (nSPS) is 14.5. The fourth-order valence-corrected chi connectivity index (χ4v) is 0.982. The Morgan fingerprint density at radius 3 is 2.20 bits per heavy atom. The smallest absolute Gasteiger partial charge is 0.768 e. The van der Waals surface area contributed by atoms with E-state index in [0.717, 1.165) is 6.20 Å². The molecular weight excluding hydrogens is 251 g/mol. The number of nitrogens with zero attached hydrogens (tertiary/aromatic N) is 2. The molecular formula is C5H3F4N2NaO2S. The predicted molar refractivity (Wildman–Crippen MR) is 36.3 cm³/mol. The van der Waals surface area contributed by atoms with Crippen LogP contribution in [0.25, 0.3) is 0 Å². The topological polar surface area (TPSA) is 57.9 Å². The van der Waals surface area contributed by atoms with Gasteiger partial charge in [0, 0.05) is 23.5 Å². The number of imidazole rings is 1. The van der Waals surface area contributed by atoms with Crippen molar-refractivity contribution in [3.63, 3.8) is 0 Å². The van der Waals surface area contributed by atoms with Crippen LogP contribution in [0.5, 0.6) is 0 Å². The van der Waals surface area contributed by atoms with Crippen molar-refractivity contribution in [1.82, 2.24) is 9.55 Å². The van der Waals surface area contributed by atoms with Gasteiger partial charge in [-0.15, -0.1) is 0 Å². The molecule has 4 nitrogen and oxygen atoms in total. The fourth-order valence-electron chi connectivity index (χ4n) is 0.676. The average molecular weight is 254 g/mol. The van der Waals surface area contributed by atoms with Gasteiger partial charge in [-0.25, -0.2) is 4.98 Å². The van der Waals surface area contributed by atoms with Crippen LogP contribution in [0.3, 0.4) is 0 Å². The molecule has 0 saturated heterocycles. The van der Waals surface area contributed by atoms with Crippen LogP contribution < -0.4 is 29.6 Å². The average Bonchev–Trinajstić information content (AvgIpc) is 2.55. The Kier molecular flexibility index (Phi) is 4.93. The third kappa shape index (κ3) is 2.59. The zero-order valence-electron chi connectivity index (χ0n) is 7.36. The Hall–Kier alpha value is 0.0400. The summed E-state index contributed by atoms with van der Waals surface area (Å²) in [4.78, 5) is 3.11. The first-order valence-electron chi connectivity index (χ1n) is 3.13. The number of halogens is 4. The summed E-state index contributed by atoms with van der Waals surface area (Å²) in [5, 5.41) is -5.17. The van der Waals surface area contributed by atoms with Gasteiger partial charge in [0.2, 0.25) is 0 Å². The maximum atomic E-state index is 12.8. The molecule has 0 bridgehead atoms. The molecule has 0 spiro atoms. The van der Waals surface area contributed by atoms with Gasteiger partial charge in [-0.05, 0) is 0 Å². The minimum atomic E-state index is -5.17. The molecule has 1 atom stereocenters. The van der Waals surface area contributed by atoms with Gasteiger partial charge in [0.15, 0.2) is 0 Å². The molecule has 1 rings (SSSR count). The fraction of sp³-hybridized carbons (Fsp3) is 0.400. The van der Waals surface area contributed by atoms with Crippen LogP contribution in [0.15, 0.2) is 18.7 Å². The van der Waals surface area contributed by atoms with Crippen molar-refractivity contribution in [2.45, 2.75) is 11.3 Å². The molecule has 1 aromatic rings. The zero-order valence-corrected chi connectivity index (χ0v) is 10.2. The van der Waals surface area contributed by atoms with Crippen LogP contribution in [0.4, 0.5) is 17.6 Å². The minimum Gasteiger partial charge on any atom is -0.768 e. The molecule has 80 valence electrons. The summed E-state index contributed by atoms with van der Waals surface area (Å²) in [7, 11) is 0. The van der Waals surface area contributed by atoms with E-state index in [2.05, 4.69) is 4.98 Å². The maximum Gasteiger partial charge on any atom is 1.00 e. The van der Waals surface area contributed by atoms with Gasteiger partial charge >= 0.3 is 40.9 Å². The Morgan fingerprint density at radius 2 is 1.87 bits per heavy atom. The van der Waals surface area contributed by atoms with Crippen molar-refractivity contribution in [1.29, 1.82) is 0 Å². The monoisotopic (exact) mass is 254 g/mol. The summed E-state index contributed by atoms with van der Waals surface area (Å²) in [6.45, 7) is 0. The second-order valence-corrected chi connectivity index (χ2v) is 3.24. The van der Waals surface area contributed by atoms with Gasteiger partial charge in [-0.1, -0.05) is 0 Å². The first-order chi connectivity index (χ1) is 6.30. The van der Waals surface area contributed by atoms with Crippen LogP contribution in [-0.4, -0.2) is 23.6 Å². The van der Waals surface area contributed by atoms with Crippen molar-refractivity contribution >= 4 is 11.1 Å². The van der Waals surface area contributed by atoms with E-state index in [9.17, 15) is 26.3 Å². The molecule has 1 unspecified atom stereocenters. The van der Waals surface area contributed by atoms with E-state index in [0.29, 0.717) is 12.5 Å². The van der Waals surface area contributed by atoms with Gasteiger partial charge in [0.05, 0.1) is 6.33 Å². The summed E-state index contributed by atoms with van der Waals surface area (Å²) in [6, 6.07) is -4.85. The second kappa shape index (κ2) is 4.91. The van der Waals surface area contributed by atoms with E-state index in [1.54, 1.807) is 0 Å². The number of aromatic nitrogens is 2. The van der Waals surface area contributed by atoms with Crippen molar-refractivity contribution in [2.75, 3.05) is 0 Å². The molecule has 1 heterocycles. The summed E-state index contributed by atoms with van der Waals surface area (Å²) in [5.74, 6) is 0. The third-order valence-corrected chi connectivity index (χ3v) is 2.05. The molecule has 0 aliphatic carbocycles. The quantitative estimate of drug-likeness (QED) is 0.353.